The summed E-state index contributed by atoms with van der Waals surface area (Å²) in [5.74, 6) is 1.06. The van der Waals surface area contributed by atoms with Crippen LogP contribution in [0.15, 0.2) is 18.3 Å². The van der Waals surface area contributed by atoms with E-state index in [-0.39, 0.29) is 12.1 Å². The van der Waals surface area contributed by atoms with Gasteiger partial charge in [-0.1, -0.05) is 0 Å². The maximum Gasteiger partial charge on any atom is 0.320 e. The first-order chi connectivity index (χ1) is 10.8. The Morgan fingerprint density at radius 1 is 1.23 bits per heavy atom. The van der Waals surface area contributed by atoms with Crippen LogP contribution < -0.4 is 10.6 Å². The molecular formula is C15H18N6O. The van der Waals surface area contributed by atoms with E-state index in [0.29, 0.717) is 11.7 Å². The fourth-order valence-corrected chi connectivity index (χ4v) is 2.88. The molecule has 1 unspecified atom stereocenters. The van der Waals surface area contributed by atoms with Gasteiger partial charge in [-0.3, -0.25) is 10.4 Å². The van der Waals surface area contributed by atoms with Crippen molar-refractivity contribution in [2.45, 2.75) is 44.1 Å². The van der Waals surface area contributed by atoms with Crippen molar-refractivity contribution in [2.24, 2.45) is 0 Å². The Balaban J connectivity index is 1.32. The van der Waals surface area contributed by atoms with Gasteiger partial charge in [-0.05, 0) is 43.4 Å². The van der Waals surface area contributed by atoms with Crippen molar-refractivity contribution in [3.8, 4) is 0 Å². The molecule has 0 saturated heterocycles. The summed E-state index contributed by atoms with van der Waals surface area (Å²) in [6.07, 6.45) is 6.90. The number of aryl methyl sites for hydroxylation is 1. The predicted molar refractivity (Wildman–Crippen MR) is 80.6 cm³/mol. The van der Waals surface area contributed by atoms with Crippen LogP contribution in [0.2, 0.25) is 0 Å². The fourth-order valence-electron chi connectivity index (χ4n) is 2.88. The zero-order chi connectivity index (χ0) is 14.9. The van der Waals surface area contributed by atoms with E-state index < -0.39 is 0 Å². The molecule has 1 fully saturated rings. The minimum atomic E-state index is -0.235. The molecule has 2 aliphatic carbocycles. The Kier molecular flexibility index (Phi) is 3.25. The maximum absolute atomic E-state index is 12.0. The fraction of sp³-hybridized carbons (Fsp3) is 0.467. The number of rotatable bonds is 3. The summed E-state index contributed by atoms with van der Waals surface area (Å²) in [4.78, 5) is 12.0. The highest BCUT2D eigenvalue weighted by atomic mass is 16.2. The third kappa shape index (κ3) is 2.79. The Morgan fingerprint density at radius 2 is 2.14 bits per heavy atom. The third-order valence-corrected chi connectivity index (χ3v) is 4.28. The molecule has 0 aromatic carbocycles. The monoisotopic (exact) mass is 298 g/mol. The number of urea groups is 1. The highest BCUT2D eigenvalue weighted by Gasteiger charge is 2.25. The first-order valence-electron chi connectivity index (χ1n) is 7.70. The van der Waals surface area contributed by atoms with Crippen LogP contribution in [0, 0.1) is 0 Å². The molecule has 1 saturated carbocycles. The molecule has 3 N–H and O–H groups in total. The van der Waals surface area contributed by atoms with Crippen LogP contribution in [0.25, 0.3) is 0 Å². The van der Waals surface area contributed by atoms with Crippen LogP contribution in [0.1, 0.15) is 42.1 Å². The molecule has 0 bridgehead atoms. The first kappa shape index (κ1) is 13.2. The number of nitrogens with one attached hydrogen (secondary N) is 3. The molecule has 22 heavy (non-hydrogen) atoms. The molecule has 2 heterocycles. The molecule has 0 spiro atoms. The van der Waals surface area contributed by atoms with Crippen molar-refractivity contribution in [3.63, 3.8) is 0 Å². The third-order valence-electron chi connectivity index (χ3n) is 4.28. The molecule has 1 atom stereocenters. The number of nitrogens with zero attached hydrogens (tertiary/aromatic N) is 3. The van der Waals surface area contributed by atoms with Crippen LogP contribution in [0.4, 0.5) is 10.6 Å². The topological polar surface area (TPSA) is 95.6 Å². The standard InChI is InChI=1S/C15H18N6O/c22-15(17-11-4-3-10-8-16-19-13(10)7-11)18-14-6-5-12(20-21-14)9-1-2-9/h5-6,8-9,11H,1-4,7H2,(H,16,19)(H2,17,18,21,22). The van der Waals surface area contributed by atoms with E-state index in [1.165, 1.54) is 18.4 Å². The van der Waals surface area contributed by atoms with Crippen LogP contribution in [-0.2, 0) is 12.8 Å². The highest BCUT2D eigenvalue weighted by Crippen LogP contribution is 2.38. The van der Waals surface area contributed by atoms with E-state index in [0.717, 1.165) is 30.7 Å². The maximum atomic E-state index is 12.0. The Morgan fingerprint density at radius 3 is 2.91 bits per heavy atom. The minimum absolute atomic E-state index is 0.117. The zero-order valence-electron chi connectivity index (χ0n) is 12.2. The SMILES string of the molecule is O=C(Nc1ccc(C2CC2)nn1)NC1CCc2cn[nH]c2C1. The van der Waals surface area contributed by atoms with Gasteiger partial charge >= 0.3 is 6.03 Å². The molecule has 4 rings (SSSR count). The normalized spacial score (nSPS) is 20.3. The lowest BCUT2D eigenvalue weighted by Crippen LogP contribution is -2.41. The molecule has 2 aliphatic rings. The number of aromatic amines is 1. The van der Waals surface area contributed by atoms with Gasteiger partial charge in [0.05, 0.1) is 11.9 Å². The summed E-state index contributed by atoms with van der Waals surface area (Å²) in [6, 6.07) is 3.64. The second kappa shape index (κ2) is 5.40. The molecular weight excluding hydrogens is 280 g/mol. The van der Waals surface area contributed by atoms with Crippen molar-refractivity contribution in [3.05, 3.63) is 35.3 Å². The lowest BCUT2D eigenvalue weighted by atomic mass is 9.94. The number of hydrogen-bond acceptors (Lipinski definition) is 4. The van der Waals surface area contributed by atoms with Crippen molar-refractivity contribution < 1.29 is 4.79 Å². The Bertz CT molecular complexity index is 676. The van der Waals surface area contributed by atoms with E-state index in [9.17, 15) is 4.79 Å². The largest absolute Gasteiger partial charge is 0.335 e. The van der Waals surface area contributed by atoms with Crippen molar-refractivity contribution in [2.75, 3.05) is 5.32 Å². The van der Waals surface area contributed by atoms with Gasteiger partial charge in [-0.25, -0.2) is 4.79 Å². The Hall–Kier alpha value is -2.44. The molecule has 2 amide bonds. The first-order valence-corrected chi connectivity index (χ1v) is 7.70. The van der Waals surface area contributed by atoms with Gasteiger partial charge in [0.1, 0.15) is 0 Å². The van der Waals surface area contributed by atoms with Crippen LogP contribution in [0.3, 0.4) is 0 Å². The summed E-state index contributed by atoms with van der Waals surface area (Å²) in [7, 11) is 0. The van der Waals surface area contributed by atoms with E-state index in [4.69, 9.17) is 0 Å². The van der Waals surface area contributed by atoms with E-state index in [2.05, 4.69) is 31.0 Å². The second-order valence-electron chi connectivity index (χ2n) is 6.03. The van der Waals surface area contributed by atoms with E-state index in [1.807, 2.05) is 18.3 Å². The van der Waals surface area contributed by atoms with Gasteiger partial charge in [0, 0.05) is 24.1 Å². The van der Waals surface area contributed by atoms with Crippen molar-refractivity contribution in [1.82, 2.24) is 25.7 Å². The lowest BCUT2D eigenvalue weighted by molar-refractivity contribution is 0.247. The average molecular weight is 298 g/mol. The molecule has 2 aromatic rings. The summed E-state index contributed by atoms with van der Waals surface area (Å²) in [5, 5.41) is 21.0. The van der Waals surface area contributed by atoms with Gasteiger partial charge in [0.2, 0.25) is 0 Å². The number of amides is 2. The summed E-state index contributed by atoms with van der Waals surface area (Å²) in [6.45, 7) is 0. The van der Waals surface area contributed by atoms with Crippen molar-refractivity contribution >= 4 is 11.8 Å². The zero-order valence-corrected chi connectivity index (χ0v) is 12.2. The van der Waals surface area contributed by atoms with Crippen LogP contribution in [-0.4, -0.2) is 32.5 Å². The van der Waals surface area contributed by atoms with Gasteiger partial charge in [0.25, 0.3) is 0 Å². The van der Waals surface area contributed by atoms with Crippen LogP contribution in [0.5, 0.6) is 0 Å². The number of hydrogen-bond donors (Lipinski definition) is 3. The smallest absolute Gasteiger partial charge is 0.320 e. The van der Waals surface area contributed by atoms with Crippen LogP contribution >= 0.6 is 0 Å². The number of H-pyrrole nitrogens is 1. The summed E-state index contributed by atoms with van der Waals surface area (Å²) >= 11 is 0. The summed E-state index contributed by atoms with van der Waals surface area (Å²) in [5.41, 5.74) is 3.38. The molecule has 7 heteroatoms. The lowest BCUT2D eigenvalue weighted by Gasteiger charge is -2.22. The summed E-state index contributed by atoms with van der Waals surface area (Å²) < 4.78 is 0. The quantitative estimate of drug-likeness (QED) is 0.804. The van der Waals surface area contributed by atoms with Gasteiger partial charge in [0.15, 0.2) is 5.82 Å². The van der Waals surface area contributed by atoms with Gasteiger partial charge in [-0.2, -0.15) is 10.2 Å². The van der Waals surface area contributed by atoms with E-state index >= 15 is 0 Å². The second-order valence-corrected chi connectivity index (χ2v) is 6.03. The number of carbonyl (C=O) groups excluding carboxylic acids is 1. The average Bonchev–Trinajstić information content (AvgIpc) is 3.26. The van der Waals surface area contributed by atoms with E-state index in [1.54, 1.807) is 0 Å². The predicted octanol–water partition coefficient (Wildman–Crippen LogP) is 1.76. The van der Waals surface area contributed by atoms with Gasteiger partial charge < -0.3 is 5.32 Å². The highest BCUT2D eigenvalue weighted by molar-refractivity contribution is 5.88. The number of carbonyl (C=O) groups is 1. The minimum Gasteiger partial charge on any atom is -0.335 e. The number of fused-ring (bicyclic) bond motifs is 1. The molecule has 2 aromatic heterocycles. The Labute approximate surface area is 127 Å². The molecule has 114 valence electrons. The molecule has 0 radical (unpaired) electrons. The molecule has 0 aliphatic heterocycles. The van der Waals surface area contributed by atoms with Gasteiger partial charge in [-0.15, -0.1) is 5.10 Å². The number of anilines is 1. The van der Waals surface area contributed by atoms with Crippen molar-refractivity contribution in [1.29, 1.82) is 0 Å². The molecule has 7 nitrogen and oxygen atoms in total. The number of aromatic nitrogens is 4.